The lowest BCUT2D eigenvalue weighted by Crippen LogP contribution is -2.50. The summed E-state index contributed by atoms with van der Waals surface area (Å²) in [6.45, 7) is 4.80. The van der Waals surface area contributed by atoms with E-state index in [0.717, 1.165) is 23.1 Å². The van der Waals surface area contributed by atoms with Gasteiger partial charge in [0.05, 0.1) is 34.7 Å². The molecule has 1 atom stereocenters. The number of pyridine rings is 1. The molecule has 5 rings (SSSR count). The van der Waals surface area contributed by atoms with Crippen molar-refractivity contribution in [1.29, 1.82) is 0 Å². The summed E-state index contributed by atoms with van der Waals surface area (Å²) in [7, 11) is 0. The maximum absolute atomic E-state index is 14.2. The molecule has 0 radical (unpaired) electrons. The second kappa shape index (κ2) is 12.2. The van der Waals surface area contributed by atoms with Crippen molar-refractivity contribution >= 4 is 29.1 Å². The van der Waals surface area contributed by atoms with E-state index in [1.807, 2.05) is 6.92 Å². The third kappa shape index (κ3) is 6.66. The average Bonchev–Trinajstić information content (AvgIpc) is 3.59. The van der Waals surface area contributed by atoms with Crippen molar-refractivity contribution in [2.45, 2.75) is 64.2 Å². The highest BCUT2D eigenvalue weighted by Crippen LogP contribution is 2.51. The Morgan fingerprint density at radius 3 is 2.40 bits per heavy atom. The monoisotopic (exact) mass is 686 g/mol. The van der Waals surface area contributed by atoms with Crippen molar-refractivity contribution < 1.29 is 40.3 Å². The fourth-order valence-corrected chi connectivity index (χ4v) is 5.08. The zero-order valence-corrected chi connectivity index (χ0v) is 25.6. The Labute approximate surface area is 267 Å². The van der Waals surface area contributed by atoms with Crippen LogP contribution in [0, 0.1) is 19.8 Å². The van der Waals surface area contributed by atoms with Gasteiger partial charge < -0.3 is 10.6 Å². The summed E-state index contributed by atoms with van der Waals surface area (Å²) in [5.41, 5.74) is -0.474. The van der Waals surface area contributed by atoms with Crippen molar-refractivity contribution in [3.05, 3.63) is 81.5 Å². The maximum atomic E-state index is 14.2. The van der Waals surface area contributed by atoms with Crippen LogP contribution in [0.25, 0.3) is 5.82 Å². The number of halogens is 8. The van der Waals surface area contributed by atoms with Crippen molar-refractivity contribution in [3.8, 4) is 5.82 Å². The fourth-order valence-electron chi connectivity index (χ4n) is 4.88. The van der Waals surface area contributed by atoms with Crippen LogP contribution < -0.4 is 10.6 Å². The van der Waals surface area contributed by atoms with E-state index >= 15 is 0 Å². The molecule has 1 unspecified atom stereocenters. The van der Waals surface area contributed by atoms with Crippen molar-refractivity contribution in [3.63, 3.8) is 0 Å². The zero-order chi connectivity index (χ0) is 34.5. The number of carbonyl (C=O) groups excluding carboxylic acids is 2. The van der Waals surface area contributed by atoms with E-state index in [9.17, 15) is 40.3 Å². The summed E-state index contributed by atoms with van der Waals surface area (Å²) in [5.74, 6) is -13.0. The van der Waals surface area contributed by atoms with Gasteiger partial charge in [0, 0.05) is 12.2 Å². The van der Waals surface area contributed by atoms with Crippen LogP contribution >= 0.6 is 11.6 Å². The van der Waals surface area contributed by atoms with E-state index in [4.69, 9.17) is 11.6 Å². The summed E-state index contributed by atoms with van der Waals surface area (Å²) in [6.07, 6.45) is -2.99. The lowest BCUT2D eigenvalue weighted by Gasteiger charge is -2.26. The summed E-state index contributed by atoms with van der Waals surface area (Å²) in [6, 6.07) is 7.44. The summed E-state index contributed by atoms with van der Waals surface area (Å²) >= 11 is 6.30. The molecule has 3 heterocycles. The van der Waals surface area contributed by atoms with Gasteiger partial charge in [-0.2, -0.15) is 35.8 Å². The molecular weight excluding hydrogens is 661 g/mol. The number of alkyl halides is 7. The first-order valence-corrected chi connectivity index (χ1v) is 14.4. The minimum absolute atomic E-state index is 0.0296. The molecule has 0 bridgehead atoms. The minimum Gasteiger partial charge on any atom is -0.349 e. The number of nitrogens with one attached hydrogen (secondary N) is 2. The standard InChI is InChI=1S/C29H26ClF7N8O2/c1-14-9-15(2)23(19(10-14)25(46)39-16(3)17-6-7-17)40-26(47)21-11-18(42-45(21)24-20(30)5-4-8-38-24)12-44-13-22(41-43-44)27(31,32)28(33,34)29(35,36)37/h4-5,8-11,13,16-17H,6-7,12H2,1-3H3,(H,39,46)(H,40,47). The van der Waals surface area contributed by atoms with Gasteiger partial charge >= 0.3 is 18.0 Å². The Morgan fingerprint density at radius 1 is 1.06 bits per heavy atom. The molecule has 2 N–H and O–H groups in total. The largest absolute Gasteiger partial charge is 0.460 e. The van der Waals surface area contributed by atoms with E-state index in [1.165, 1.54) is 24.4 Å². The van der Waals surface area contributed by atoms with E-state index in [0.29, 0.717) is 16.2 Å². The molecule has 18 heteroatoms. The minimum atomic E-state index is -6.56. The molecule has 1 aliphatic rings. The lowest BCUT2D eigenvalue weighted by atomic mass is 10.0. The Bertz CT molecular complexity index is 1830. The quantitative estimate of drug-likeness (QED) is 0.191. The number of aromatic nitrogens is 6. The second-order valence-corrected chi connectivity index (χ2v) is 11.7. The highest BCUT2D eigenvalue weighted by Gasteiger charge is 2.74. The number of rotatable bonds is 10. The van der Waals surface area contributed by atoms with Crippen LogP contribution in [0.1, 0.15) is 63.1 Å². The van der Waals surface area contributed by atoms with E-state index in [2.05, 4.69) is 31.0 Å². The molecule has 47 heavy (non-hydrogen) atoms. The SMILES string of the molecule is Cc1cc(C)c(NC(=O)c2cc(Cn3cc(C(F)(F)C(F)(F)C(F)(F)F)nn3)nn2-c2ncccc2Cl)c(C(=O)NC(C)C2CC2)c1. The second-order valence-electron chi connectivity index (χ2n) is 11.2. The van der Waals surface area contributed by atoms with Gasteiger partial charge in [0.2, 0.25) is 0 Å². The number of hydrogen-bond donors (Lipinski definition) is 2. The van der Waals surface area contributed by atoms with Crippen LogP contribution in [0.4, 0.5) is 36.4 Å². The smallest absolute Gasteiger partial charge is 0.349 e. The predicted octanol–water partition coefficient (Wildman–Crippen LogP) is 6.25. The van der Waals surface area contributed by atoms with Crippen LogP contribution in [0.15, 0.2) is 42.7 Å². The number of benzene rings is 1. The Kier molecular flexibility index (Phi) is 8.81. The third-order valence-electron chi connectivity index (χ3n) is 7.52. The van der Waals surface area contributed by atoms with Gasteiger partial charge in [-0.1, -0.05) is 22.9 Å². The molecule has 1 aromatic carbocycles. The number of aryl methyl sites for hydroxylation is 2. The van der Waals surface area contributed by atoms with E-state index in [-0.39, 0.29) is 45.7 Å². The number of hydrogen-bond acceptors (Lipinski definition) is 6. The topological polar surface area (TPSA) is 120 Å². The van der Waals surface area contributed by atoms with Gasteiger partial charge in [-0.3, -0.25) is 9.59 Å². The van der Waals surface area contributed by atoms with Crippen molar-refractivity contribution in [2.24, 2.45) is 5.92 Å². The number of carbonyl (C=O) groups is 2. The molecule has 1 aliphatic carbocycles. The predicted molar refractivity (Wildman–Crippen MR) is 154 cm³/mol. The highest BCUT2D eigenvalue weighted by molar-refractivity contribution is 6.32. The van der Waals surface area contributed by atoms with Crippen LogP contribution in [-0.2, 0) is 12.5 Å². The van der Waals surface area contributed by atoms with Crippen LogP contribution in [0.3, 0.4) is 0 Å². The summed E-state index contributed by atoms with van der Waals surface area (Å²) in [4.78, 5) is 31.2. The third-order valence-corrected chi connectivity index (χ3v) is 7.81. The van der Waals surface area contributed by atoms with Gasteiger partial charge in [0.25, 0.3) is 11.8 Å². The number of nitrogens with zero attached hydrogens (tertiary/aromatic N) is 6. The van der Waals surface area contributed by atoms with Crippen LogP contribution in [0.2, 0.25) is 5.02 Å². The number of anilines is 1. The van der Waals surface area contributed by atoms with Gasteiger partial charge in [-0.25, -0.2) is 14.3 Å². The van der Waals surface area contributed by atoms with E-state index in [1.54, 1.807) is 26.0 Å². The van der Waals surface area contributed by atoms with Crippen molar-refractivity contribution in [2.75, 3.05) is 5.32 Å². The highest BCUT2D eigenvalue weighted by atomic mass is 35.5. The maximum Gasteiger partial charge on any atom is 0.460 e. The molecule has 3 aromatic heterocycles. The Hall–Kier alpha value is -4.54. The first-order chi connectivity index (χ1) is 21.9. The number of amides is 2. The van der Waals surface area contributed by atoms with Gasteiger partial charge in [0.15, 0.2) is 11.5 Å². The molecule has 250 valence electrons. The summed E-state index contributed by atoms with van der Waals surface area (Å²) < 4.78 is 95.0. The summed E-state index contributed by atoms with van der Waals surface area (Å²) in [5, 5.41) is 16.1. The molecule has 2 amide bonds. The average molecular weight is 687 g/mol. The molecule has 0 saturated heterocycles. The molecule has 1 fully saturated rings. The zero-order valence-electron chi connectivity index (χ0n) is 24.8. The normalized spacial score (nSPS) is 14.6. The Morgan fingerprint density at radius 2 is 1.77 bits per heavy atom. The molecule has 4 aromatic rings. The van der Waals surface area contributed by atoms with Gasteiger partial charge in [-0.15, -0.1) is 5.10 Å². The van der Waals surface area contributed by atoms with Gasteiger partial charge in [0.1, 0.15) is 5.69 Å². The first kappa shape index (κ1) is 33.8. The van der Waals surface area contributed by atoms with Crippen LogP contribution in [0.5, 0.6) is 0 Å². The molecule has 0 spiro atoms. The van der Waals surface area contributed by atoms with Crippen molar-refractivity contribution in [1.82, 2.24) is 35.1 Å². The van der Waals surface area contributed by atoms with Crippen LogP contribution in [-0.4, -0.2) is 59.7 Å². The molecule has 1 saturated carbocycles. The molecule has 0 aliphatic heterocycles. The van der Waals surface area contributed by atoms with Gasteiger partial charge in [-0.05, 0) is 74.9 Å². The molecule has 10 nitrogen and oxygen atoms in total. The Balaban J connectivity index is 1.48. The lowest BCUT2D eigenvalue weighted by molar-refractivity contribution is -0.360. The first-order valence-electron chi connectivity index (χ1n) is 14.1. The molecular formula is C29H26ClF7N8O2. The fraction of sp³-hybridized carbons (Fsp3) is 0.379. The van der Waals surface area contributed by atoms with E-state index < -0.39 is 42.1 Å².